The van der Waals surface area contributed by atoms with Gasteiger partial charge in [0.2, 0.25) is 5.91 Å². The van der Waals surface area contributed by atoms with Crippen LogP contribution in [0.3, 0.4) is 0 Å². The number of carbonyl (C=O) groups excluding carboxylic acids is 1. The van der Waals surface area contributed by atoms with Gasteiger partial charge in [-0.05, 0) is 22.4 Å². The number of carbonyl (C=O) groups is 1. The van der Waals surface area contributed by atoms with Crippen molar-refractivity contribution in [2.75, 3.05) is 11.9 Å². The van der Waals surface area contributed by atoms with Crippen molar-refractivity contribution in [2.24, 2.45) is 0 Å². The second-order valence-corrected chi connectivity index (χ2v) is 5.13. The topological polar surface area (TPSA) is 76.0 Å². The van der Waals surface area contributed by atoms with Crippen molar-refractivity contribution in [1.82, 2.24) is 15.1 Å². The first kappa shape index (κ1) is 13.8. The van der Waals surface area contributed by atoms with Gasteiger partial charge in [0.15, 0.2) is 0 Å². The molecule has 1 fully saturated rings. The minimum Gasteiger partial charge on any atom is -0.381 e. The first-order valence-corrected chi connectivity index (χ1v) is 6.81. The number of nitrogens with zero attached hydrogens (tertiary/aromatic N) is 2. The molecule has 2 heterocycles. The van der Waals surface area contributed by atoms with E-state index in [-0.39, 0.29) is 17.5 Å². The third-order valence-corrected chi connectivity index (χ3v) is 3.68. The zero-order valence-electron chi connectivity index (χ0n) is 10.4. The molecule has 0 aromatic carbocycles. The second kappa shape index (κ2) is 6.01. The van der Waals surface area contributed by atoms with Crippen LogP contribution in [0, 0.1) is 0 Å². The molecule has 102 valence electrons. The van der Waals surface area contributed by atoms with E-state index in [2.05, 4.69) is 38.2 Å². The zero-order valence-corrected chi connectivity index (χ0v) is 11.9. The fourth-order valence-corrected chi connectivity index (χ4v) is 2.35. The van der Waals surface area contributed by atoms with Crippen molar-refractivity contribution >= 4 is 27.5 Å². The lowest BCUT2D eigenvalue weighted by Gasteiger charge is -2.13. The number of hydrogen-bond acceptors (Lipinski definition) is 4. The number of amides is 1. The van der Waals surface area contributed by atoms with Crippen LogP contribution in [0.4, 0.5) is 5.69 Å². The van der Waals surface area contributed by atoms with E-state index < -0.39 is 0 Å². The molecule has 0 saturated carbocycles. The van der Waals surface area contributed by atoms with Gasteiger partial charge in [-0.3, -0.25) is 9.59 Å². The SMILES string of the molecule is C=CCn1ncc(NCC2CCC(=O)N2)c(Br)c1=O. The summed E-state index contributed by atoms with van der Waals surface area (Å²) >= 11 is 3.27. The quantitative estimate of drug-likeness (QED) is 0.788. The molecule has 2 N–H and O–H groups in total. The van der Waals surface area contributed by atoms with Gasteiger partial charge in [0.1, 0.15) is 4.47 Å². The van der Waals surface area contributed by atoms with Crippen molar-refractivity contribution in [2.45, 2.75) is 25.4 Å². The molecule has 0 aliphatic carbocycles. The van der Waals surface area contributed by atoms with E-state index in [4.69, 9.17) is 0 Å². The number of hydrogen-bond donors (Lipinski definition) is 2. The predicted octanol–water partition coefficient (Wildman–Crippen LogP) is 0.882. The van der Waals surface area contributed by atoms with E-state index in [1.54, 1.807) is 12.3 Å². The van der Waals surface area contributed by atoms with Crippen LogP contribution in [0.5, 0.6) is 0 Å². The number of rotatable bonds is 5. The summed E-state index contributed by atoms with van der Waals surface area (Å²) in [5.41, 5.74) is 0.423. The number of halogens is 1. The minimum atomic E-state index is -0.208. The summed E-state index contributed by atoms with van der Waals surface area (Å²) in [7, 11) is 0. The molecule has 1 saturated heterocycles. The minimum absolute atomic E-state index is 0.0744. The maximum absolute atomic E-state index is 11.9. The van der Waals surface area contributed by atoms with E-state index >= 15 is 0 Å². The van der Waals surface area contributed by atoms with Crippen LogP contribution in [0.1, 0.15) is 12.8 Å². The van der Waals surface area contributed by atoms with Crippen LogP contribution in [-0.2, 0) is 11.3 Å². The molecule has 1 aliphatic rings. The Kier molecular flexibility index (Phi) is 4.36. The van der Waals surface area contributed by atoms with E-state index in [0.717, 1.165) is 6.42 Å². The van der Waals surface area contributed by atoms with Gasteiger partial charge in [-0.1, -0.05) is 6.08 Å². The first-order valence-electron chi connectivity index (χ1n) is 6.01. The Morgan fingerprint density at radius 1 is 1.63 bits per heavy atom. The van der Waals surface area contributed by atoms with Crippen molar-refractivity contribution in [1.29, 1.82) is 0 Å². The van der Waals surface area contributed by atoms with Crippen molar-refractivity contribution in [3.63, 3.8) is 0 Å². The van der Waals surface area contributed by atoms with Gasteiger partial charge in [-0.2, -0.15) is 5.10 Å². The summed E-state index contributed by atoms with van der Waals surface area (Å²) < 4.78 is 1.76. The van der Waals surface area contributed by atoms with Gasteiger partial charge in [-0.15, -0.1) is 6.58 Å². The fourth-order valence-electron chi connectivity index (χ4n) is 1.90. The summed E-state index contributed by atoms with van der Waals surface area (Å²) in [6.07, 6.45) is 4.57. The highest BCUT2D eigenvalue weighted by Crippen LogP contribution is 2.17. The lowest BCUT2D eigenvalue weighted by molar-refractivity contribution is -0.119. The normalized spacial score (nSPS) is 18.2. The molecule has 6 nitrogen and oxygen atoms in total. The molecule has 1 aliphatic heterocycles. The highest BCUT2D eigenvalue weighted by atomic mass is 79.9. The summed E-state index contributed by atoms with van der Waals surface area (Å²) in [6.45, 7) is 4.53. The van der Waals surface area contributed by atoms with Gasteiger partial charge in [0.05, 0.1) is 18.4 Å². The number of allylic oxidation sites excluding steroid dienone is 1. The third kappa shape index (κ3) is 3.23. The maximum Gasteiger partial charge on any atom is 0.283 e. The Hall–Kier alpha value is -1.63. The van der Waals surface area contributed by atoms with Crippen LogP contribution in [-0.4, -0.2) is 28.3 Å². The van der Waals surface area contributed by atoms with Gasteiger partial charge in [0.25, 0.3) is 5.56 Å². The first-order chi connectivity index (χ1) is 9.11. The Morgan fingerprint density at radius 2 is 2.42 bits per heavy atom. The van der Waals surface area contributed by atoms with Crippen LogP contribution in [0.2, 0.25) is 0 Å². The molecular formula is C12H15BrN4O2. The average Bonchev–Trinajstić information content (AvgIpc) is 2.80. The molecule has 0 spiro atoms. The molecule has 2 rings (SSSR count). The molecule has 19 heavy (non-hydrogen) atoms. The summed E-state index contributed by atoms with van der Waals surface area (Å²) in [5, 5.41) is 10.0. The fraction of sp³-hybridized carbons (Fsp3) is 0.417. The molecular weight excluding hydrogens is 312 g/mol. The van der Waals surface area contributed by atoms with E-state index in [9.17, 15) is 9.59 Å². The summed E-state index contributed by atoms with van der Waals surface area (Å²) in [6, 6.07) is 0.106. The molecule has 0 bridgehead atoms. The summed E-state index contributed by atoms with van der Waals surface area (Å²) in [4.78, 5) is 23.0. The van der Waals surface area contributed by atoms with Crippen molar-refractivity contribution < 1.29 is 4.79 Å². The molecule has 1 atom stereocenters. The van der Waals surface area contributed by atoms with Gasteiger partial charge in [0, 0.05) is 19.0 Å². The lowest BCUT2D eigenvalue weighted by atomic mass is 10.2. The van der Waals surface area contributed by atoms with E-state index in [1.807, 2.05) is 0 Å². The average molecular weight is 327 g/mol. The van der Waals surface area contributed by atoms with E-state index in [0.29, 0.717) is 29.7 Å². The molecule has 1 unspecified atom stereocenters. The van der Waals surface area contributed by atoms with Crippen molar-refractivity contribution in [3.05, 3.63) is 33.7 Å². The summed E-state index contributed by atoms with van der Waals surface area (Å²) in [5.74, 6) is 0.0744. The molecule has 7 heteroatoms. The standard InChI is InChI=1S/C12H15BrN4O2/c1-2-5-17-12(19)11(13)9(7-15-17)14-6-8-3-4-10(18)16-8/h2,7-8,14H,1,3-6H2,(H,16,18). The number of aromatic nitrogens is 2. The predicted molar refractivity (Wildman–Crippen MR) is 76.0 cm³/mol. The monoisotopic (exact) mass is 326 g/mol. The molecule has 0 radical (unpaired) electrons. The van der Waals surface area contributed by atoms with Crippen LogP contribution >= 0.6 is 15.9 Å². The largest absolute Gasteiger partial charge is 0.381 e. The number of anilines is 1. The van der Waals surface area contributed by atoms with Crippen LogP contribution < -0.4 is 16.2 Å². The third-order valence-electron chi connectivity index (χ3n) is 2.91. The lowest BCUT2D eigenvalue weighted by Crippen LogP contribution is -2.32. The van der Waals surface area contributed by atoms with Crippen LogP contribution in [0.15, 0.2) is 28.1 Å². The van der Waals surface area contributed by atoms with Gasteiger partial charge >= 0.3 is 0 Å². The van der Waals surface area contributed by atoms with Gasteiger partial charge in [-0.25, -0.2) is 4.68 Å². The smallest absolute Gasteiger partial charge is 0.283 e. The Morgan fingerprint density at radius 3 is 3.05 bits per heavy atom. The molecule has 1 aromatic heterocycles. The van der Waals surface area contributed by atoms with Crippen LogP contribution in [0.25, 0.3) is 0 Å². The highest BCUT2D eigenvalue weighted by Gasteiger charge is 2.20. The highest BCUT2D eigenvalue weighted by molar-refractivity contribution is 9.10. The Labute approximate surface area is 119 Å². The molecule has 1 amide bonds. The second-order valence-electron chi connectivity index (χ2n) is 4.33. The Bertz CT molecular complexity index is 555. The zero-order chi connectivity index (χ0) is 13.8. The van der Waals surface area contributed by atoms with E-state index in [1.165, 1.54) is 4.68 Å². The number of nitrogens with one attached hydrogen (secondary N) is 2. The maximum atomic E-state index is 11.9. The van der Waals surface area contributed by atoms with Gasteiger partial charge < -0.3 is 10.6 Å². The Balaban J connectivity index is 2.05. The molecule has 1 aromatic rings. The van der Waals surface area contributed by atoms with Crippen molar-refractivity contribution in [3.8, 4) is 0 Å².